The Kier molecular flexibility index (Phi) is 12.2. The lowest BCUT2D eigenvalue weighted by atomic mass is 9.87. The van der Waals surface area contributed by atoms with Crippen molar-refractivity contribution >= 4 is 67.0 Å². The van der Waals surface area contributed by atoms with E-state index in [1.54, 1.807) is 51.4 Å². The molecule has 1 aliphatic heterocycles. The van der Waals surface area contributed by atoms with Crippen LogP contribution in [0.4, 0.5) is 23.1 Å². The van der Waals surface area contributed by atoms with E-state index in [4.69, 9.17) is 9.72 Å². The van der Waals surface area contributed by atoms with Crippen LogP contribution in [0.25, 0.3) is 5.57 Å². The van der Waals surface area contributed by atoms with E-state index >= 15 is 0 Å². The summed E-state index contributed by atoms with van der Waals surface area (Å²) >= 11 is 2.23. The molecule has 2 heterocycles. The highest BCUT2D eigenvalue weighted by Crippen LogP contribution is 2.39. The fourth-order valence-corrected chi connectivity index (χ4v) is 7.95. The summed E-state index contributed by atoms with van der Waals surface area (Å²) in [4.78, 5) is 27.9. The van der Waals surface area contributed by atoms with Crippen LogP contribution in [0, 0.1) is 0 Å². The topological polar surface area (TPSA) is 129 Å². The molecule has 3 aromatic rings. The van der Waals surface area contributed by atoms with Crippen LogP contribution < -0.4 is 20.7 Å². The molecule has 0 saturated carbocycles. The van der Waals surface area contributed by atoms with Gasteiger partial charge in [-0.15, -0.1) is 0 Å². The van der Waals surface area contributed by atoms with Gasteiger partial charge in [-0.05, 0) is 89.4 Å². The second kappa shape index (κ2) is 16.2. The van der Waals surface area contributed by atoms with E-state index in [0.717, 1.165) is 62.1 Å². The van der Waals surface area contributed by atoms with Crippen molar-refractivity contribution in [3.63, 3.8) is 0 Å². The smallest absolute Gasteiger partial charge is 0.251 e. The van der Waals surface area contributed by atoms with Gasteiger partial charge in [0.05, 0.1) is 27.6 Å². The predicted molar refractivity (Wildman–Crippen MR) is 205 cm³/mol. The molecule has 0 bridgehead atoms. The van der Waals surface area contributed by atoms with Gasteiger partial charge in [-0.2, -0.15) is 4.98 Å². The second-order valence-corrected chi connectivity index (χ2v) is 16.4. The fraction of sp³-hybridized carbons (Fsp3) is 0.472. The van der Waals surface area contributed by atoms with Gasteiger partial charge in [-0.25, -0.2) is 13.4 Å². The zero-order valence-electron chi connectivity index (χ0n) is 29.2. The molecule has 2 aliphatic rings. The van der Waals surface area contributed by atoms with Crippen LogP contribution in [0.15, 0.2) is 53.6 Å². The first-order chi connectivity index (χ1) is 23.4. The van der Waals surface area contributed by atoms with Crippen LogP contribution in [0.2, 0.25) is 0 Å². The number of para-hydroxylation sites is 1. The van der Waals surface area contributed by atoms with Crippen molar-refractivity contribution in [2.24, 2.45) is 0 Å². The number of hydrogen-bond acceptors (Lipinski definition) is 10. The van der Waals surface area contributed by atoms with E-state index < -0.39 is 15.1 Å². The van der Waals surface area contributed by atoms with Gasteiger partial charge in [-0.3, -0.25) is 9.69 Å². The van der Waals surface area contributed by atoms with E-state index in [9.17, 15) is 13.2 Å². The summed E-state index contributed by atoms with van der Waals surface area (Å²) in [6.07, 6.45) is 6.74. The number of allylic oxidation sites excluding steroid dienone is 1. The number of carbonyl (C=O) groups is 1. The quantitative estimate of drug-likeness (QED) is 0.140. The Labute approximate surface area is 304 Å². The van der Waals surface area contributed by atoms with Crippen molar-refractivity contribution in [1.82, 2.24) is 25.1 Å². The van der Waals surface area contributed by atoms with Crippen LogP contribution in [-0.2, 0) is 14.3 Å². The molecular weight excluding hydrogens is 753 g/mol. The van der Waals surface area contributed by atoms with Crippen molar-refractivity contribution in [1.29, 1.82) is 0 Å². The molecule has 3 N–H and O–H groups in total. The minimum atomic E-state index is -3.55. The molecule has 1 aromatic heterocycles. The first-order valence-electron chi connectivity index (χ1n) is 16.9. The number of piperazine rings is 1. The molecule has 2 aromatic carbocycles. The number of rotatable bonds is 12. The molecule has 1 atom stereocenters. The number of halogens is 1. The SMILES string of the molecule is CNC(=O)c1cc(Nc2ncc(CI)c(Nc3ccccc3S(=O)(=O)C(C)C)n2)c(OC(C)C)cc1C1=CCC(N2CCN(C)CC2)CC1. The maximum Gasteiger partial charge on any atom is 0.251 e. The van der Waals surface area contributed by atoms with Crippen LogP contribution in [0.3, 0.4) is 0 Å². The summed E-state index contributed by atoms with van der Waals surface area (Å²) in [5, 5.41) is 8.80. The Morgan fingerprint density at radius 3 is 2.43 bits per heavy atom. The molecule has 1 saturated heterocycles. The molecular formula is C36H48IN7O4S. The lowest BCUT2D eigenvalue weighted by Crippen LogP contribution is -2.49. The van der Waals surface area contributed by atoms with Gasteiger partial charge in [0.15, 0.2) is 9.84 Å². The van der Waals surface area contributed by atoms with Crippen LogP contribution in [0.5, 0.6) is 5.75 Å². The maximum atomic E-state index is 13.3. The van der Waals surface area contributed by atoms with E-state index in [1.807, 2.05) is 26.0 Å². The Hall–Kier alpha value is -3.27. The number of sulfone groups is 1. The van der Waals surface area contributed by atoms with Gasteiger partial charge >= 0.3 is 0 Å². The van der Waals surface area contributed by atoms with E-state index in [0.29, 0.717) is 39.0 Å². The number of hydrogen-bond donors (Lipinski definition) is 3. The highest BCUT2D eigenvalue weighted by Gasteiger charge is 2.27. The van der Waals surface area contributed by atoms with Gasteiger partial charge in [-0.1, -0.05) is 40.8 Å². The Balaban J connectivity index is 1.48. The summed E-state index contributed by atoms with van der Waals surface area (Å²) < 4.78 is 33.2. The molecule has 13 heteroatoms. The number of amides is 1. The van der Waals surface area contributed by atoms with E-state index in [1.165, 1.54) is 0 Å². The van der Waals surface area contributed by atoms with Crippen LogP contribution >= 0.6 is 22.6 Å². The summed E-state index contributed by atoms with van der Waals surface area (Å²) in [5.41, 5.74) is 4.36. The fourth-order valence-electron chi connectivity index (χ4n) is 6.19. The second-order valence-electron chi connectivity index (χ2n) is 13.2. The summed E-state index contributed by atoms with van der Waals surface area (Å²) in [5.74, 6) is 1.15. The number of anilines is 4. The number of likely N-dealkylation sites (N-methyl/N-ethyl adjacent to an activating group) is 1. The maximum absolute atomic E-state index is 13.3. The van der Waals surface area contributed by atoms with Gasteiger partial charge in [0, 0.05) is 61.0 Å². The molecule has 0 radical (unpaired) electrons. The van der Waals surface area contributed by atoms with E-state index in [-0.39, 0.29) is 22.9 Å². The summed E-state index contributed by atoms with van der Waals surface area (Å²) in [6, 6.07) is 11.1. The van der Waals surface area contributed by atoms with Crippen LogP contribution in [-0.4, -0.2) is 91.8 Å². The highest BCUT2D eigenvalue weighted by molar-refractivity contribution is 14.1. The average Bonchev–Trinajstić information content (AvgIpc) is 3.09. The van der Waals surface area contributed by atoms with Gasteiger partial charge in [0.1, 0.15) is 11.6 Å². The monoisotopic (exact) mass is 801 g/mol. The van der Waals surface area contributed by atoms with Gasteiger partial charge < -0.3 is 25.6 Å². The minimum absolute atomic E-state index is 0.125. The number of alkyl halides is 1. The molecule has 11 nitrogen and oxygen atoms in total. The van der Waals surface area contributed by atoms with Gasteiger partial charge in [0.2, 0.25) is 5.95 Å². The van der Waals surface area contributed by atoms with Crippen molar-refractivity contribution in [3.05, 3.63) is 65.4 Å². The third-order valence-corrected chi connectivity index (χ3v) is 12.1. The number of nitrogens with one attached hydrogen (secondary N) is 3. The Bertz CT molecular complexity index is 1790. The Morgan fingerprint density at radius 1 is 1.06 bits per heavy atom. The van der Waals surface area contributed by atoms with Crippen molar-refractivity contribution in [3.8, 4) is 5.75 Å². The lowest BCUT2D eigenvalue weighted by Gasteiger charge is -2.39. The molecule has 49 heavy (non-hydrogen) atoms. The molecule has 0 spiro atoms. The van der Waals surface area contributed by atoms with Crippen molar-refractivity contribution in [2.75, 3.05) is 50.9 Å². The third-order valence-electron chi connectivity index (χ3n) is 9.06. The normalized spacial score (nSPS) is 17.6. The molecule has 1 fully saturated rings. The molecule has 264 valence electrons. The molecule has 5 rings (SSSR count). The highest BCUT2D eigenvalue weighted by atomic mass is 127. The zero-order chi connectivity index (χ0) is 35.3. The molecule has 1 aliphatic carbocycles. The van der Waals surface area contributed by atoms with Crippen molar-refractivity contribution < 1.29 is 17.9 Å². The zero-order valence-corrected chi connectivity index (χ0v) is 32.2. The molecule has 1 unspecified atom stereocenters. The number of nitrogens with zero attached hydrogens (tertiary/aromatic N) is 4. The minimum Gasteiger partial charge on any atom is -0.489 e. The average molecular weight is 802 g/mol. The number of benzene rings is 2. The number of ether oxygens (including phenoxy) is 1. The summed E-state index contributed by atoms with van der Waals surface area (Å²) in [6.45, 7) is 11.6. The first-order valence-corrected chi connectivity index (χ1v) is 20.0. The van der Waals surface area contributed by atoms with Crippen molar-refractivity contribution in [2.45, 2.75) is 73.7 Å². The summed E-state index contributed by atoms with van der Waals surface area (Å²) in [7, 11) is 0.264. The standard InChI is InChI=1S/C36H48IN7O4S/c1-23(2)48-32-20-28(25-11-13-27(14-12-25)44-17-15-43(6)16-18-44)29(35(45)38-5)19-31(32)41-36-39-22-26(21-37)34(42-36)40-30-9-7-8-10-33(30)49(46,47)24(3)4/h7-11,19-20,22-24,27H,12-18,21H2,1-6H3,(H,38,45)(H2,39,40,41,42). The largest absolute Gasteiger partial charge is 0.489 e. The van der Waals surface area contributed by atoms with E-state index in [2.05, 4.69) is 66.4 Å². The number of aromatic nitrogens is 2. The first kappa shape index (κ1) is 37.0. The molecule has 1 amide bonds. The third kappa shape index (κ3) is 8.73. The van der Waals surface area contributed by atoms with Crippen LogP contribution in [0.1, 0.15) is 68.4 Å². The number of carbonyl (C=O) groups excluding carboxylic acids is 1. The lowest BCUT2D eigenvalue weighted by molar-refractivity contribution is 0.0962. The van der Waals surface area contributed by atoms with Gasteiger partial charge in [0.25, 0.3) is 5.91 Å². The predicted octanol–water partition coefficient (Wildman–Crippen LogP) is 6.41. The Morgan fingerprint density at radius 2 is 1.80 bits per heavy atom.